The van der Waals surface area contributed by atoms with Crippen LogP contribution in [0.5, 0.6) is 5.75 Å². The molecule has 122 valence electrons. The van der Waals surface area contributed by atoms with Crippen LogP contribution in [0, 0.1) is 6.92 Å². The summed E-state index contributed by atoms with van der Waals surface area (Å²) in [7, 11) is 3.21. The summed E-state index contributed by atoms with van der Waals surface area (Å²) in [5.41, 5.74) is 1.24. The van der Waals surface area contributed by atoms with Crippen molar-refractivity contribution in [3.8, 4) is 5.75 Å². The standard InChI is InChI=1S/C16H18N2O4S/c1-11-17-13(10-23-11)8-21-14-6-4-12(5-7-14)16(20)22-9-15(19)18(2)3/h4-7,10H,8-9H2,1-3H3. The first-order valence-corrected chi connectivity index (χ1v) is 7.85. The number of hydrogen-bond donors (Lipinski definition) is 0. The summed E-state index contributed by atoms with van der Waals surface area (Å²) in [5.74, 6) is -0.171. The van der Waals surface area contributed by atoms with Crippen molar-refractivity contribution in [1.29, 1.82) is 0 Å². The quantitative estimate of drug-likeness (QED) is 0.758. The molecule has 1 aromatic heterocycles. The van der Waals surface area contributed by atoms with Gasteiger partial charge in [-0.15, -0.1) is 11.3 Å². The van der Waals surface area contributed by atoms with Crippen molar-refractivity contribution in [3.63, 3.8) is 0 Å². The van der Waals surface area contributed by atoms with Crippen LogP contribution >= 0.6 is 11.3 Å². The second-order valence-corrected chi connectivity index (χ2v) is 6.10. The van der Waals surface area contributed by atoms with Crippen molar-refractivity contribution in [2.24, 2.45) is 0 Å². The fourth-order valence-electron chi connectivity index (χ4n) is 1.66. The molecule has 7 heteroatoms. The molecule has 0 unspecified atom stereocenters. The number of carbonyl (C=O) groups excluding carboxylic acids is 2. The Morgan fingerprint density at radius 3 is 2.48 bits per heavy atom. The zero-order valence-corrected chi connectivity index (χ0v) is 14.1. The van der Waals surface area contributed by atoms with E-state index in [0.29, 0.717) is 17.9 Å². The number of amides is 1. The molecular weight excluding hydrogens is 316 g/mol. The first-order valence-electron chi connectivity index (χ1n) is 6.97. The average Bonchev–Trinajstić information content (AvgIpc) is 2.96. The van der Waals surface area contributed by atoms with Crippen molar-refractivity contribution < 1.29 is 19.1 Å². The number of nitrogens with zero attached hydrogens (tertiary/aromatic N) is 2. The van der Waals surface area contributed by atoms with Crippen molar-refractivity contribution in [2.75, 3.05) is 20.7 Å². The summed E-state index contributed by atoms with van der Waals surface area (Å²) in [4.78, 5) is 28.9. The Morgan fingerprint density at radius 1 is 1.22 bits per heavy atom. The Kier molecular flexibility index (Phi) is 5.70. The Labute approximate surface area is 138 Å². The maximum atomic E-state index is 11.8. The van der Waals surface area contributed by atoms with E-state index in [-0.39, 0.29) is 12.5 Å². The predicted molar refractivity (Wildman–Crippen MR) is 86.6 cm³/mol. The summed E-state index contributed by atoms with van der Waals surface area (Å²) in [5, 5.41) is 2.94. The molecule has 0 saturated carbocycles. The molecule has 0 aliphatic rings. The molecule has 0 fully saturated rings. The van der Waals surface area contributed by atoms with Crippen molar-refractivity contribution in [1.82, 2.24) is 9.88 Å². The van der Waals surface area contributed by atoms with Crippen LogP contribution in [0.25, 0.3) is 0 Å². The normalized spacial score (nSPS) is 10.2. The molecule has 0 N–H and O–H groups in total. The van der Waals surface area contributed by atoms with Crippen LogP contribution < -0.4 is 4.74 Å². The van der Waals surface area contributed by atoms with Crippen LogP contribution in [0.3, 0.4) is 0 Å². The lowest BCUT2D eigenvalue weighted by atomic mass is 10.2. The Hall–Kier alpha value is -2.41. The van der Waals surface area contributed by atoms with Gasteiger partial charge in [0.1, 0.15) is 12.4 Å². The first-order chi connectivity index (χ1) is 11.0. The van der Waals surface area contributed by atoms with Gasteiger partial charge in [0.15, 0.2) is 6.61 Å². The summed E-state index contributed by atoms with van der Waals surface area (Å²) < 4.78 is 10.5. The van der Waals surface area contributed by atoms with Gasteiger partial charge in [0.25, 0.3) is 5.91 Å². The third-order valence-corrected chi connectivity index (χ3v) is 3.79. The van der Waals surface area contributed by atoms with E-state index >= 15 is 0 Å². The summed E-state index contributed by atoms with van der Waals surface area (Å²) >= 11 is 1.57. The highest BCUT2D eigenvalue weighted by molar-refractivity contribution is 7.09. The van der Waals surface area contributed by atoms with E-state index in [4.69, 9.17) is 9.47 Å². The van der Waals surface area contributed by atoms with E-state index < -0.39 is 5.97 Å². The largest absolute Gasteiger partial charge is 0.487 e. The average molecular weight is 334 g/mol. The molecular formula is C16H18N2O4S. The molecule has 0 atom stereocenters. The number of esters is 1. The maximum absolute atomic E-state index is 11.8. The number of aryl methyl sites for hydroxylation is 1. The summed E-state index contributed by atoms with van der Waals surface area (Å²) in [6, 6.07) is 6.57. The van der Waals surface area contributed by atoms with Gasteiger partial charge < -0.3 is 14.4 Å². The van der Waals surface area contributed by atoms with Crippen LogP contribution in [0.15, 0.2) is 29.6 Å². The van der Waals surface area contributed by atoms with E-state index in [0.717, 1.165) is 10.7 Å². The van der Waals surface area contributed by atoms with Gasteiger partial charge in [0, 0.05) is 19.5 Å². The Bertz CT molecular complexity index is 680. The first kappa shape index (κ1) is 17.0. The number of ether oxygens (including phenoxy) is 2. The SMILES string of the molecule is Cc1nc(COc2ccc(C(=O)OCC(=O)N(C)C)cc2)cs1. The van der Waals surface area contributed by atoms with Crippen LogP contribution in [0.1, 0.15) is 21.1 Å². The van der Waals surface area contributed by atoms with Gasteiger partial charge in [-0.2, -0.15) is 0 Å². The monoisotopic (exact) mass is 334 g/mol. The number of hydrogen-bond acceptors (Lipinski definition) is 6. The number of thiazole rings is 1. The van der Waals surface area contributed by atoms with Crippen LogP contribution in [0.4, 0.5) is 0 Å². The summed E-state index contributed by atoms with van der Waals surface area (Å²) in [6.45, 7) is 2.05. The minimum absolute atomic E-state index is 0.267. The molecule has 1 amide bonds. The third kappa shape index (κ3) is 5.07. The summed E-state index contributed by atoms with van der Waals surface area (Å²) in [6.07, 6.45) is 0. The van der Waals surface area contributed by atoms with Crippen molar-refractivity contribution in [3.05, 3.63) is 45.9 Å². The van der Waals surface area contributed by atoms with Crippen LogP contribution in [-0.2, 0) is 16.1 Å². The van der Waals surface area contributed by atoms with Gasteiger partial charge in [-0.3, -0.25) is 4.79 Å². The predicted octanol–water partition coefficient (Wildman–Crippen LogP) is 2.28. The molecule has 0 spiro atoms. The molecule has 1 aromatic carbocycles. The fourth-order valence-corrected chi connectivity index (χ4v) is 2.26. The molecule has 2 aromatic rings. The molecule has 0 aliphatic carbocycles. The van der Waals surface area contributed by atoms with Crippen LogP contribution in [-0.4, -0.2) is 42.5 Å². The fraction of sp³-hybridized carbons (Fsp3) is 0.312. The molecule has 0 bridgehead atoms. The minimum atomic E-state index is -0.540. The molecule has 2 rings (SSSR count). The zero-order valence-electron chi connectivity index (χ0n) is 13.2. The maximum Gasteiger partial charge on any atom is 0.338 e. The molecule has 23 heavy (non-hydrogen) atoms. The van der Waals surface area contributed by atoms with Gasteiger partial charge in [0.2, 0.25) is 0 Å². The number of likely N-dealkylation sites (N-methyl/N-ethyl adjacent to an activating group) is 1. The van der Waals surface area contributed by atoms with Crippen molar-refractivity contribution in [2.45, 2.75) is 13.5 Å². The number of aromatic nitrogens is 1. The molecule has 6 nitrogen and oxygen atoms in total. The third-order valence-electron chi connectivity index (χ3n) is 2.97. The topological polar surface area (TPSA) is 68.7 Å². The second-order valence-electron chi connectivity index (χ2n) is 5.04. The molecule has 0 radical (unpaired) electrons. The van der Waals surface area contributed by atoms with Crippen LogP contribution in [0.2, 0.25) is 0 Å². The number of carbonyl (C=O) groups is 2. The van der Waals surface area contributed by atoms with Crippen molar-refractivity contribution >= 4 is 23.2 Å². The van der Waals surface area contributed by atoms with Gasteiger partial charge in [-0.05, 0) is 31.2 Å². The second kappa shape index (κ2) is 7.73. The van der Waals surface area contributed by atoms with E-state index in [1.165, 1.54) is 4.90 Å². The lowest BCUT2D eigenvalue weighted by Crippen LogP contribution is -2.27. The Balaban J connectivity index is 1.86. The van der Waals surface area contributed by atoms with Gasteiger partial charge in [-0.1, -0.05) is 0 Å². The smallest absolute Gasteiger partial charge is 0.338 e. The molecule has 0 aliphatic heterocycles. The molecule has 1 heterocycles. The highest BCUT2D eigenvalue weighted by atomic mass is 32.1. The number of rotatable bonds is 6. The Morgan fingerprint density at radius 2 is 1.91 bits per heavy atom. The zero-order chi connectivity index (χ0) is 16.8. The van der Waals surface area contributed by atoms with E-state index in [1.54, 1.807) is 49.7 Å². The van der Waals surface area contributed by atoms with E-state index in [9.17, 15) is 9.59 Å². The number of benzene rings is 1. The van der Waals surface area contributed by atoms with Gasteiger partial charge in [0.05, 0.1) is 16.3 Å². The van der Waals surface area contributed by atoms with Gasteiger partial charge >= 0.3 is 5.97 Å². The minimum Gasteiger partial charge on any atom is -0.487 e. The van der Waals surface area contributed by atoms with Gasteiger partial charge in [-0.25, -0.2) is 9.78 Å². The lowest BCUT2D eigenvalue weighted by molar-refractivity contribution is -0.131. The van der Waals surface area contributed by atoms with E-state index in [2.05, 4.69) is 4.98 Å². The highest BCUT2D eigenvalue weighted by Gasteiger charge is 2.11. The lowest BCUT2D eigenvalue weighted by Gasteiger charge is -2.10. The highest BCUT2D eigenvalue weighted by Crippen LogP contribution is 2.16. The van der Waals surface area contributed by atoms with E-state index in [1.807, 2.05) is 12.3 Å². The molecule has 0 saturated heterocycles.